The fourth-order valence-electron chi connectivity index (χ4n) is 3.56. The van der Waals surface area contributed by atoms with Crippen LogP contribution < -0.4 is 20.1 Å². The summed E-state index contributed by atoms with van der Waals surface area (Å²) in [7, 11) is 0. The molecule has 0 unspecified atom stereocenters. The van der Waals surface area contributed by atoms with Gasteiger partial charge in [0.1, 0.15) is 0 Å². The molecule has 1 aromatic heterocycles. The maximum absolute atomic E-state index is 5.45. The maximum Gasteiger partial charge on any atom is 0.231 e. The molecular formula is C21H28N4O2S. The largest absolute Gasteiger partial charge is 0.454 e. The van der Waals surface area contributed by atoms with E-state index in [1.807, 2.05) is 17.4 Å². The average Bonchev–Trinajstić information content (AvgIpc) is 3.36. The summed E-state index contributed by atoms with van der Waals surface area (Å²) in [6.45, 7) is 8.09. The number of benzene rings is 1. The minimum Gasteiger partial charge on any atom is -0.454 e. The van der Waals surface area contributed by atoms with E-state index in [1.165, 1.54) is 17.5 Å². The molecule has 3 heterocycles. The van der Waals surface area contributed by atoms with Crippen molar-refractivity contribution in [3.8, 4) is 11.5 Å². The fraction of sp³-hybridized carbons (Fsp3) is 0.476. The van der Waals surface area contributed by atoms with Crippen LogP contribution in [0.1, 0.15) is 22.9 Å². The van der Waals surface area contributed by atoms with Crippen LogP contribution in [0.3, 0.4) is 0 Å². The highest BCUT2D eigenvalue weighted by atomic mass is 32.1. The van der Waals surface area contributed by atoms with Crippen LogP contribution in [-0.2, 0) is 19.4 Å². The Balaban J connectivity index is 1.23. The van der Waals surface area contributed by atoms with Gasteiger partial charge in [0.05, 0.1) is 6.54 Å². The number of thiophene rings is 1. The Bertz CT molecular complexity index is 820. The van der Waals surface area contributed by atoms with Crippen molar-refractivity contribution in [3.05, 3.63) is 45.6 Å². The monoisotopic (exact) mass is 400 g/mol. The summed E-state index contributed by atoms with van der Waals surface area (Å²) in [6, 6.07) is 8.39. The van der Waals surface area contributed by atoms with E-state index in [1.54, 1.807) is 4.88 Å². The Morgan fingerprint density at radius 2 is 2.14 bits per heavy atom. The third-order valence-corrected chi connectivity index (χ3v) is 6.08. The molecule has 7 heteroatoms. The first kappa shape index (κ1) is 19.1. The third kappa shape index (κ3) is 4.77. The van der Waals surface area contributed by atoms with Gasteiger partial charge in [-0.2, -0.15) is 0 Å². The quantitative estimate of drug-likeness (QED) is 0.553. The maximum atomic E-state index is 5.45. The number of hydrogen-bond acceptors (Lipinski definition) is 5. The molecule has 0 amide bonds. The Labute approximate surface area is 170 Å². The van der Waals surface area contributed by atoms with Crippen molar-refractivity contribution in [2.75, 3.05) is 39.5 Å². The molecule has 1 aromatic carbocycles. The van der Waals surface area contributed by atoms with Crippen LogP contribution in [0.25, 0.3) is 0 Å². The minimum absolute atomic E-state index is 0.318. The molecule has 0 bridgehead atoms. The Morgan fingerprint density at radius 3 is 3.07 bits per heavy atom. The number of aliphatic imine (C=N–C) groups is 1. The van der Waals surface area contributed by atoms with Crippen LogP contribution in [0.5, 0.6) is 11.5 Å². The Morgan fingerprint density at radius 1 is 1.21 bits per heavy atom. The fourth-order valence-corrected chi connectivity index (χ4v) is 4.45. The summed E-state index contributed by atoms with van der Waals surface area (Å²) >= 11 is 1.89. The highest BCUT2D eigenvalue weighted by Crippen LogP contribution is 2.32. The van der Waals surface area contributed by atoms with E-state index in [2.05, 4.69) is 46.0 Å². The molecule has 0 saturated carbocycles. The van der Waals surface area contributed by atoms with Gasteiger partial charge in [-0.1, -0.05) is 6.07 Å². The van der Waals surface area contributed by atoms with Crippen molar-refractivity contribution < 1.29 is 9.47 Å². The molecular weight excluding hydrogens is 372 g/mol. The number of nitrogens with zero attached hydrogens (tertiary/aromatic N) is 2. The number of ether oxygens (including phenoxy) is 2. The normalized spacial score (nSPS) is 16.1. The molecule has 28 heavy (non-hydrogen) atoms. The zero-order chi connectivity index (χ0) is 19.2. The van der Waals surface area contributed by atoms with Crippen molar-refractivity contribution in [2.24, 2.45) is 4.99 Å². The lowest BCUT2D eigenvalue weighted by Crippen LogP contribution is -2.39. The van der Waals surface area contributed by atoms with Gasteiger partial charge in [-0.15, -0.1) is 11.3 Å². The van der Waals surface area contributed by atoms with Gasteiger partial charge in [0.25, 0.3) is 0 Å². The molecule has 2 aliphatic rings. The number of rotatable bonds is 7. The lowest BCUT2D eigenvalue weighted by Gasteiger charge is -2.26. The summed E-state index contributed by atoms with van der Waals surface area (Å²) in [6.07, 6.45) is 2.08. The second-order valence-corrected chi connectivity index (χ2v) is 8.02. The van der Waals surface area contributed by atoms with Crippen LogP contribution in [0, 0.1) is 0 Å². The number of hydrogen-bond donors (Lipinski definition) is 2. The van der Waals surface area contributed by atoms with Crippen LogP contribution in [-0.4, -0.2) is 50.4 Å². The van der Waals surface area contributed by atoms with Crippen molar-refractivity contribution >= 4 is 17.3 Å². The number of nitrogens with one attached hydrogen (secondary N) is 2. The Kier molecular flexibility index (Phi) is 6.34. The van der Waals surface area contributed by atoms with Gasteiger partial charge in [0.15, 0.2) is 17.5 Å². The van der Waals surface area contributed by atoms with Gasteiger partial charge in [0.2, 0.25) is 6.79 Å². The van der Waals surface area contributed by atoms with Gasteiger partial charge in [-0.05, 0) is 54.5 Å². The van der Waals surface area contributed by atoms with Gasteiger partial charge in [-0.3, -0.25) is 9.89 Å². The molecule has 2 N–H and O–H groups in total. The summed E-state index contributed by atoms with van der Waals surface area (Å²) < 4.78 is 10.8. The van der Waals surface area contributed by atoms with Crippen molar-refractivity contribution in [1.29, 1.82) is 0 Å². The van der Waals surface area contributed by atoms with E-state index in [0.717, 1.165) is 63.1 Å². The van der Waals surface area contributed by atoms with E-state index in [-0.39, 0.29) is 0 Å². The van der Waals surface area contributed by atoms with Crippen LogP contribution >= 0.6 is 11.3 Å². The lowest BCUT2D eigenvalue weighted by molar-refractivity contribution is 0.174. The molecule has 0 radical (unpaired) electrons. The first-order chi connectivity index (χ1) is 13.8. The summed E-state index contributed by atoms with van der Waals surface area (Å²) in [5.74, 6) is 2.56. The van der Waals surface area contributed by atoms with Crippen molar-refractivity contribution in [2.45, 2.75) is 26.3 Å². The SMILES string of the molecule is CCNC(=NCCN1CCc2sccc2C1)NCCc1ccc2c(c1)OCO2. The molecule has 2 aliphatic heterocycles. The standard InChI is InChI=1S/C21H28N4O2S/c1-2-22-21(23-8-5-16-3-4-18-19(13-16)27-15-26-18)24-9-11-25-10-6-20-17(14-25)7-12-28-20/h3-4,7,12-13H,2,5-6,8-11,14-15H2,1H3,(H2,22,23,24). The number of fused-ring (bicyclic) bond motifs is 2. The van der Waals surface area contributed by atoms with E-state index in [4.69, 9.17) is 14.5 Å². The molecule has 0 fully saturated rings. The van der Waals surface area contributed by atoms with E-state index in [0.29, 0.717) is 6.79 Å². The summed E-state index contributed by atoms with van der Waals surface area (Å²) in [5.41, 5.74) is 2.72. The van der Waals surface area contributed by atoms with Gasteiger partial charge in [0, 0.05) is 37.6 Å². The Hall–Kier alpha value is -2.25. The first-order valence-corrected chi connectivity index (χ1v) is 10.9. The van der Waals surface area contributed by atoms with Crippen molar-refractivity contribution in [3.63, 3.8) is 0 Å². The highest BCUT2D eigenvalue weighted by molar-refractivity contribution is 7.10. The highest BCUT2D eigenvalue weighted by Gasteiger charge is 2.16. The molecule has 0 spiro atoms. The second-order valence-electron chi connectivity index (χ2n) is 7.02. The zero-order valence-electron chi connectivity index (χ0n) is 16.4. The van der Waals surface area contributed by atoms with Crippen LogP contribution in [0.15, 0.2) is 34.6 Å². The third-order valence-electron chi connectivity index (χ3n) is 5.06. The zero-order valence-corrected chi connectivity index (χ0v) is 17.2. The van der Waals surface area contributed by atoms with Gasteiger partial charge >= 0.3 is 0 Å². The van der Waals surface area contributed by atoms with E-state index in [9.17, 15) is 0 Å². The molecule has 0 saturated heterocycles. The molecule has 4 rings (SSSR count). The topological polar surface area (TPSA) is 58.1 Å². The predicted molar refractivity (Wildman–Crippen MR) is 114 cm³/mol. The summed E-state index contributed by atoms with van der Waals surface area (Å²) in [4.78, 5) is 8.80. The van der Waals surface area contributed by atoms with E-state index >= 15 is 0 Å². The first-order valence-electron chi connectivity index (χ1n) is 10.00. The van der Waals surface area contributed by atoms with Crippen molar-refractivity contribution in [1.82, 2.24) is 15.5 Å². The molecule has 2 aromatic rings. The molecule has 0 atom stereocenters. The van der Waals surface area contributed by atoms with Crippen LogP contribution in [0.2, 0.25) is 0 Å². The smallest absolute Gasteiger partial charge is 0.231 e. The minimum atomic E-state index is 0.318. The molecule has 0 aliphatic carbocycles. The van der Waals surface area contributed by atoms with Gasteiger partial charge < -0.3 is 20.1 Å². The van der Waals surface area contributed by atoms with E-state index < -0.39 is 0 Å². The summed E-state index contributed by atoms with van der Waals surface area (Å²) in [5, 5.41) is 8.98. The average molecular weight is 401 g/mol. The lowest BCUT2D eigenvalue weighted by atomic mass is 10.1. The molecule has 6 nitrogen and oxygen atoms in total. The second kappa shape index (κ2) is 9.30. The number of guanidine groups is 1. The van der Waals surface area contributed by atoms with Gasteiger partial charge in [-0.25, -0.2) is 0 Å². The molecule has 150 valence electrons. The predicted octanol–water partition coefficient (Wildman–Crippen LogP) is 2.63. The van der Waals surface area contributed by atoms with Crippen LogP contribution in [0.4, 0.5) is 0 Å².